The Morgan fingerprint density at radius 1 is 0.833 bits per heavy atom. The third-order valence-corrected chi connectivity index (χ3v) is 7.08. The summed E-state index contributed by atoms with van der Waals surface area (Å²) in [6.45, 7) is 4.08. The summed E-state index contributed by atoms with van der Waals surface area (Å²) >= 11 is 5.43. The number of rotatable bonds is 21. The number of hydrogen-bond donors (Lipinski definition) is 4. The lowest BCUT2D eigenvalue weighted by atomic mass is 9.95. The number of carbonyl (C=O) groups is 2. The summed E-state index contributed by atoms with van der Waals surface area (Å²) in [4.78, 5) is 25.1. The largest absolute Gasteiger partial charge is 0.348 e. The molecular weight excluding hydrogens is 470 g/mol. The second-order valence-corrected chi connectivity index (χ2v) is 10.3. The minimum absolute atomic E-state index is 0.0353. The number of thiocarbonyl (C=S) groups is 1. The van der Waals surface area contributed by atoms with Gasteiger partial charge in [0, 0.05) is 18.0 Å². The fourth-order valence-electron chi connectivity index (χ4n) is 4.35. The second kappa shape index (κ2) is 21.1. The quantitative estimate of drug-likeness (QED) is 0.0591. The van der Waals surface area contributed by atoms with E-state index in [0.29, 0.717) is 11.4 Å². The zero-order valence-corrected chi connectivity index (χ0v) is 23.3. The Kier molecular flexibility index (Phi) is 18.8. The van der Waals surface area contributed by atoms with Crippen LogP contribution < -0.4 is 16.1 Å². The summed E-state index contributed by atoms with van der Waals surface area (Å²) in [6.07, 6.45) is 18.4. The summed E-state index contributed by atoms with van der Waals surface area (Å²) in [5.74, 6) is -1.24. The minimum Gasteiger partial charge on any atom is -0.348 e. The molecule has 0 heterocycles. The van der Waals surface area contributed by atoms with E-state index in [9.17, 15) is 9.59 Å². The van der Waals surface area contributed by atoms with Gasteiger partial charge in [-0.15, -0.1) is 0 Å². The highest BCUT2D eigenvalue weighted by molar-refractivity contribution is 7.80. The molecule has 4 N–H and O–H groups in total. The molecule has 0 spiro atoms. The second-order valence-electron chi connectivity index (χ2n) is 9.91. The number of hydroxylamine groups is 1. The zero-order chi connectivity index (χ0) is 26.4. The first kappa shape index (κ1) is 32.0. The third kappa shape index (κ3) is 15.9. The van der Waals surface area contributed by atoms with Crippen LogP contribution in [0.1, 0.15) is 117 Å². The van der Waals surface area contributed by atoms with Crippen LogP contribution in [0.3, 0.4) is 0 Å². The Morgan fingerprint density at radius 2 is 1.33 bits per heavy atom. The van der Waals surface area contributed by atoms with Crippen molar-refractivity contribution in [1.82, 2.24) is 10.8 Å². The molecule has 36 heavy (non-hydrogen) atoms. The van der Waals surface area contributed by atoms with E-state index in [4.69, 9.17) is 17.4 Å². The number of anilines is 1. The van der Waals surface area contributed by atoms with Crippen LogP contribution in [0.5, 0.6) is 0 Å². The normalized spacial score (nSPS) is 12.5. The topological polar surface area (TPSA) is 90.5 Å². The van der Waals surface area contributed by atoms with Crippen molar-refractivity contribution in [2.24, 2.45) is 5.92 Å². The van der Waals surface area contributed by atoms with Gasteiger partial charge in [0.1, 0.15) is 4.99 Å². The number of unbranched alkanes of at least 4 members (excludes halogenated alkanes) is 13. The average Bonchev–Trinajstić information content (AvgIpc) is 2.88. The minimum atomic E-state index is -0.543. The van der Waals surface area contributed by atoms with Gasteiger partial charge < -0.3 is 10.6 Å². The van der Waals surface area contributed by atoms with Crippen molar-refractivity contribution in [2.75, 3.05) is 5.32 Å². The van der Waals surface area contributed by atoms with Gasteiger partial charge in [-0.3, -0.25) is 14.8 Å². The van der Waals surface area contributed by atoms with Gasteiger partial charge in [0.15, 0.2) is 0 Å². The highest BCUT2D eigenvalue weighted by Gasteiger charge is 2.24. The van der Waals surface area contributed by atoms with E-state index in [1.54, 1.807) is 5.48 Å². The zero-order valence-electron chi connectivity index (χ0n) is 22.5. The number of nitrogens with one attached hydrogen (secondary N) is 3. The smallest absolute Gasteiger partial charge is 0.244 e. The summed E-state index contributed by atoms with van der Waals surface area (Å²) in [7, 11) is 0. The molecule has 2 atom stereocenters. The first-order valence-corrected chi connectivity index (χ1v) is 14.5. The van der Waals surface area contributed by atoms with Gasteiger partial charge in [-0.25, -0.2) is 5.48 Å². The molecule has 1 aromatic carbocycles. The summed E-state index contributed by atoms with van der Waals surface area (Å²) in [6, 6.07) is 9.19. The predicted octanol–water partition coefficient (Wildman–Crippen LogP) is 7.31. The molecule has 0 aromatic heterocycles. The molecule has 0 saturated heterocycles. The lowest BCUT2D eigenvalue weighted by Gasteiger charge is -2.21. The van der Waals surface area contributed by atoms with Gasteiger partial charge in [-0.05, 0) is 25.5 Å². The van der Waals surface area contributed by atoms with Gasteiger partial charge in [0.25, 0.3) is 0 Å². The molecule has 2 amide bonds. The fourth-order valence-corrected chi connectivity index (χ4v) is 4.53. The van der Waals surface area contributed by atoms with E-state index in [2.05, 4.69) is 17.6 Å². The Hall–Kier alpha value is -1.99. The lowest BCUT2D eigenvalue weighted by Crippen LogP contribution is -2.44. The van der Waals surface area contributed by atoms with Crippen LogP contribution in [0, 0.1) is 5.92 Å². The Labute approximate surface area is 224 Å². The van der Waals surface area contributed by atoms with E-state index >= 15 is 0 Å². The number of amides is 2. The van der Waals surface area contributed by atoms with E-state index in [0.717, 1.165) is 24.9 Å². The Balaban J connectivity index is 2.24. The molecule has 0 aliphatic carbocycles. The molecule has 0 saturated carbocycles. The molecular formula is C29H49N3O3S. The van der Waals surface area contributed by atoms with Crippen molar-refractivity contribution < 1.29 is 14.8 Å². The van der Waals surface area contributed by atoms with Crippen LogP contribution in [-0.2, 0) is 9.59 Å². The number of hydrogen-bond acceptors (Lipinski definition) is 4. The van der Waals surface area contributed by atoms with Crippen molar-refractivity contribution in [3.05, 3.63) is 30.3 Å². The first-order valence-electron chi connectivity index (χ1n) is 14.1. The highest BCUT2D eigenvalue weighted by Crippen LogP contribution is 2.18. The maximum atomic E-state index is 12.9. The molecule has 0 aliphatic rings. The third-order valence-electron chi connectivity index (χ3n) is 6.63. The van der Waals surface area contributed by atoms with E-state index in [1.807, 2.05) is 37.3 Å². The van der Waals surface area contributed by atoms with Crippen LogP contribution >= 0.6 is 12.2 Å². The van der Waals surface area contributed by atoms with Gasteiger partial charge >= 0.3 is 0 Å². The SMILES string of the molecule is CCCCCCCCCCCCCCCCC(CC(=O)NO)C(=O)N[C@@H](C)C(=S)Nc1ccccc1. The van der Waals surface area contributed by atoms with Crippen molar-refractivity contribution >= 4 is 34.7 Å². The van der Waals surface area contributed by atoms with E-state index in [1.165, 1.54) is 70.6 Å². The molecule has 6 nitrogen and oxygen atoms in total. The van der Waals surface area contributed by atoms with Crippen LogP contribution in [0.25, 0.3) is 0 Å². The van der Waals surface area contributed by atoms with Crippen LogP contribution in [0.4, 0.5) is 5.69 Å². The molecule has 204 valence electrons. The van der Waals surface area contributed by atoms with E-state index in [-0.39, 0.29) is 18.4 Å². The van der Waals surface area contributed by atoms with Gasteiger partial charge in [-0.2, -0.15) is 0 Å². The highest BCUT2D eigenvalue weighted by atomic mass is 32.1. The van der Waals surface area contributed by atoms with Gasteiger partial charge in [-0.1, -0.05) is 127 Å². The predicted molar refractivity (Wildman–Crippen MR) is 153 cm³/mol. The van der Waals surface area contributed by atoms with Crippen molar-refractivity contribution in [2.45, 2.75) is 123 Å². The average molecular weight is 520 g/mol. The maximum Gasteiger partial charge on any atom is 0.244 e. The number of carbonyl (C=O) groups excluding carboxylic acids is 2. The molecule has 1 rings (SSSR count). The number of benzene rings is 1. The van der Waals surface area contributed by atoms with Crippen molar-refractivity contribution in [3.63, 3.8) is 0 Å². The Morgan fingerprint density at radius 3 is 1.83 bits per heavy atom. The summed E-state index contributed by atoms with van der Waals surface area (Å²) in [5.41, 5.74) is 2.52. The maximum absolute atomic E-state index is 12.9. The first-order chi connectivity index (χ1) is 17.5. The summed E-state index contributed by atoms with van der Waals surface area (Å²) in [5, 5.41) is 15.0. The lowest BCUT2D eigenvalue weighted by molar-refractivity contribution is -0.135. The molecule has 1 unspecified atom stereocenters. The standard InChI is InChI=1S/C29H49N3O3S/c1-3-4-5-6-7-8-9-10-11-12-13-14-15-17-20-25(23-27(33)32-35)28(34)30-24(2)29(36)31-26-21-18-16-19-22-26/h16,18-19,21-22,24-25,35H,3-15,17,20,23H2,1-2H3,(H,30,34)(H,31,36)(H,32,33)/t24-,25?/m0/s1. The fraction of sp³-hybridized carbons (Fsp3) is 0.690. The molecule has 0 aliphatic heterocycles. The molecule has 0 fully saturated rings. The van der Waals surface area contributed by atoms with Gasteiger partial charge in [0.05, 0.1) is 6.04 Å². The van der Waals surface area contributed by atoms with E-state index < -0.39 is 11.8 Å². The monoisotopic (exact) mass is 519 g/mol. The molecule has 7 heteroatoms. The van der Waals surface area contributed by atoms with Crippen LogP contribution in [0.15, 0.2) is 30.3 Å². The Bertz CT molecular complexity index is 730. The van der Waals surface area contributed by atoms with Crippen LogP contribution in [0.2, 0.25) is 0 Å². The van der Waals surface area contributed by atoms with Crippen molar-refractivity contribution in [1.29, 1.82) is 0 Å². The summed E-state index contributed by atoms with van der Waals surface area (Å²) < 4.78 is 0. The molecule has 0 radical (unpaired) electrons. The number of para-hydroxylation sites is 1. The van der Waals surface area contributed by atoms with Gasteiger partial charge in [0.2, 0.25) is 11.8 Å². The van der Waals surface area contributed by atoms with Crippen molar-refractivity contribution in [3.8, 4) is 0 Å². The van der Waals surface area contributed by atoms with Crippen LogP contribution in [-0.4, -0.2) is 28.1 Å². The molecule has 0 bridgehead atoms. The molecule has 1 aromatic rings.